The molecule has 2 aromatic carbocycles. The molecule has 0 bridgehead atoms. The maximum absolute atomic E-state index is 12.0. The van der Waals surface area contributed by atoms with Crippen LogP contribution in [0.15, 0.2) is 63.8 Å². The van der Waals surface area contributed by atoms with Gasteiger partial charge in [-0.25, -0.2) is 4.79 Å². The predicted octanol–water partition coefficient (Wildman–Crippen LogP) is 4.97. The molecule has 1 aromatic heterocycles. The lowest BCUT2D eigenvalue weighted by atomic mass is 10.1. The van der Waals surface area contributed by atoms with Crippen molar-refractivity contribution >= 4 is 35.1 Å². The number of hydrogen-bond donors (Lipinski definition) is 0. The molecule has 0 amide bonds. The van der Waals surface area contributed by atoms with E-state index in [0.29, 0.717) is 5.58 Å². The van der Waals surface area contributed by atoms with E-state index in [2.05, 4.69) is 18.4 Å². The second-order valence-corrected chi connectivity index (χ2v) is 8.51. The summed E-state index contributed by atoms with van der Waals surface area (Å²) in [5.74, 6) is 1.55. The van der Waals surface area contributed by atoms with Crippen LogP contribution in [-0.4, -0.2) is 19.5 Å². The minimum atomic E-state index is -6.00. The van der Waals surface area contributed by atoms with E-state index in [-0.39, 0.29) is 16.6 Å². The molecule has 0 spiro atoms. The molecule has 0 aliphatic heterocycles. The Morgan fingerprint density at radius 3 is 2.27 bits per heavy atom. The van der Waals surface area contributed by atoms with Gasteiger partial charge >= 0.3 is 18.8 Å². The molecule has 0 aliphatic rings. The maximum atomic E-state index is 12.0. The molecule has 1 unspecified atom stereocenters. The number of carbonyl (C=O) groups is 1. The summed E-state index contributed by atoms with van der Waals surface area (Å²) in [6.45, 7) is 1.32. The molecule has 0 radical (unpaired) electrons. The predicted molar refractivity (Wildman–Crippen MR) is 111 cm³/mol. The number of esters is 1. The first-order valence-corrected chi connectivity index (χ1v) is 10.7. The number of ether oxygens (including phenoxy) is 1. The molecule has 160 valence electrons. The molecule has 0 saturated heterocycles. The molecule has 10 heteroatoms. The van der Waals surface area contributed by atoms with Crippen molar-refractivity contribution in [3.05, 3.63) is 76.1 Å². The third-order valence-electron chi connectivity index (χ3n) is 3.73. The molecule has 3 rings (SSSR count). The summed E-state index contributed by atoms with van der Waals surface area (Å²) >= 11 is 0. The van der Waals surface area contributed by atoms with Crippen LogP contribution in [0.1, 0.15) is 18.1 Å². The topological polar surface area (TPSA) is 56.5 Å². The molecular weight excluding hydrogens is 423 g/mol. The third kappa shape index (κ3) is 7.94. The Kier molecular flexibility index (Phi) is 8.11. The van der Waals surface area contributed by atoms with Gasteiger partial charge < -0.3 is 26.4 Å². The van der Waals surface area contributed by atoms with Crippen molar-refractivity contribution in [2.45, 2.75) is 18.4 Å². The van der Waals surface area contributed by atoms with Crippen LogP contribution < -0.4 is 10.4 Å². The Hall–Kier alpha value is -2.75. The summed E-state index contributed by atoms with van der Waals surface area (Å²) in [5, 5.41) is 0.811. The molecule has 0 aliphatic carbocycles. The van der Waals surface area contributed by atoms with Crippen molar-refractivity contribution in [1.29, 1.82) is 0 Å². The highest BCUT2D eigenvalue weighted by molar-refractivity contribution is 7.94. The largest absolute Gasteiger partial charge is 0.673 e. The van der Waals surface area contributed by atoms with E-state index >= 15 is 0 Å². The quantitative estimate of drug-likeness (QED) is 0.140. The fourth-order valence-corrected chi connectivity index (χ4v) is 4.39. The Bertz CT molecular complexity index is 1050. The van der Waals surface area contributed by atoms with Gasteiger partial charge in [0.2, 0.25) is 0 Å². The first-order valence-electron chi connectivity index (χ1n) is 8.77. The average molecular weight is 442 g/mol. The molecule has 1 atom stereocenters. The van der Waals surface area contributed by atoms with Gasteiger partial charge in [-0.05, 0) is 17.0 Å². The molecular formula is C20H19BF4O4S. The van der Waals surface area contributed by atoms with Crippen molar-refractivity contribution in [2.24, 2.45) is 0 Å². The normalized spacial score (nSPS) is 12.1. The van der Waals surface area contributed by atoms with Crippen LogP contribution >= 0.6 is 0 Å². The van der Waals surface area contributed by atoms with Gasteiger partial charge in [-0.3, -0.25) is 4.79 Å². The lowest BCUT2D eigenvalue weighted by Crippen LogP contribution is -2.10. The molecule has 4 nitrogen and oxygen atoms in total. The van der Waals surface area contributed by atoms with Crippen LogP contribution in [0.2, 0.25) is 0 Å². The molecule has 3 aromatic rings. The van der Waals surface area contributed by atoms with Crippen molar-refractivity contribution in [1.82, 2.24) is 0 Å². The van der Waals surface area contributed by atoms with E-state index in [9.17, 15) is 26.9 Å². The molecule has 30 heavy (non-hydrogen) atoms. The van der Waals surface area contributed by atoms with Gasteiger partial charge in [0, 0.05) is 29.5 Å². The highest BCUT2D eigenvalue weighted by atomic mass is 32.2. The average Bonchev–Trinajstić information content (AvgIpc) is 2.61. The lowest BCUT2D eigenvalue weighted by molar-refractivity contribution is -0.131. The standard InChI is InChI=1S/C20H19O4S.BF4/c1-14(21)23-18-10-6-9-17-16(11-19(22)24-20(17)18)13-25(2)12-15-7-4-3-5-8-15;2-1(3,4)5/h3-11H,12-13H2,1-2H3;/q+1;-1. The van der Waals surface area contributed by atoms with E-state index in [1.807, 2.05) is 24.3 Å². The van der Waals surface area contributed by atoms with Crippen molar-refractivity contribution in [3.63, 3.8) is 0 Å². The summed E-state index contributed by atoms with van der Waals surface area (Å²) in [6.07, 6.45) is 2.18. The number of para-hydroxylation sites is 1. The van der Waals surface area contributed by atoms with Gasteiger partial charge in [-0.15, -0.1) is 0 Å². The fourth-order valence-electron chi connectivity index (χ4n) is 2.75. The smallest absolute Gasteiger partial charge is 0.423 e. The molecule has 0 saturated carbocycles. The number of hydrogen-bond acceptors (Lipinski definition) is 4. The fraction of sp³-hybridized carbons (Fsp3) is 0.200. The van der Waals surface area contributed by atoms with E-state index in [0.717, 1.165) is 22.5 Å². The second-order valence-electron chi connectivity index (χ2n) is 6.37. The van der Waals surface area contributed by atoms with Crippen LogP contribution in [0.25, 0.3) is 11.0 Å². The summed E-state index contributed by atoms with van der Waals surface area (Å²) in [7, 11) is -5.94. The number of fused-ring (bicyclic) bond motifs is 1. The first-order chi connectivity index (χ1) is 14.0. The monoisotopic (exact) mass is 442 g/mol. The minimum Gasteiger partial charge on any atom is -0.423 e. The van der Waals surface area contributed by atoms with Crippen molar-refractivity contribution in [3.8, 4) is 5.75 Å². The Morgan fingerprint density at radius 2 is 1.67 bits per heavy atom. The van der Waals surface area contributed by atoms with E-state index in [1.54, 1.807) is 12.1 Å². The first kappa shape index (κ1) is 23.5. The van der Waals surface area contributed by atoms with Crippen molar-refractivity contribution in [2.75, 3.05) is 6.26 Å². The number of benzene rings is 2. The number of carbonyl (C=O) groups excluding carboxylic acids is 1. The summed E-state index contributed by atoms with van der Waals surface area (Å²) in [4.78, 5) is 23.2. The molecule has 1 heterocycles. The number of rotatable bonds is 5. The van der Waals surface area contributed by atoms with Gasteiger partial charge in [0.25, 0.3) is 0 Å². The SMILES string of the molecule is CC(=O)Oc1cccc2c(C[S+](C)Cc3ccccc3)cc(=O)oc12.F[B-](F)(F)F. The highest BCUT2D eigenvalue weighted by Crippen LogP contribution is 2.28. The highest BCUT2D eigenvalue weighted by Gasteiger charge is 2.21. The summed E-state index contributed by atoms with van der Waals surface area (Å²) in [6, 6.07) is 17.1. The van der Waals surface area contributed by atoms with Gasteiger partial charge in [-0.1, -0.05) is 42.5 Å². The van der Waals surface area contributed by atoms with Crippen molar-refractivity contribution < 1.29 is 31.2 Å². The second kappa shape index (κ2) is 10.3. The Labute approximate surface area is 173 Å². The minimum absolute atomic E-state index is 0.0581. The molecule has 0 fully saturated rings. The van der Waals surface area contributed by atoms with Crippen LogP contribution in [0, 0.1) is 0 Å². The van der Waals surface area contributed by atoms with E-state index < -0.39 is 18.8 Å². The zero-order chi connectivity index (χ0) is 22.3. The van der Waals surface area contributed by atoms with Gasteiger partial charge in [0.15, 0.2) is 11.3 Å². The zero-order valence-corrected chi connectivity index (χ0v) is 17.1. The zero-order valence-electron chi connectivity index (χ0n) is 16.2. The Morgan fingerprint density at radius 1 is 1.03 bits per heavy atom. The van der Waals surface area contributed by atoms with Crippen LogP contribution in [0.4, 0.5) is 17.3 Å². The van der Waals surface area contributed by atoms with Crippen LogP contribution in [0.3, 0.4) is 0 Å². The van der Waals surface area contributed by atoms with E-state index in [4.69, 9.17) is 9.15 Å². The van der Waals surface area contributed by atoms with Gasteiger partial charge in [0.05, 0.1) is 6.26 Å². The van der Waals surface area contributed by atoms with Crippen LogP contribution in [0.5, 0.6) is 5.75 Å². The Balaban J connectivity index is 0.000000575. The summed E-state index contributed by atoms with van der Waals surface area (Å²) < 4.78 is 49.5. The lowest BCUT2D eigenvalue weighted by Gasteiger charge is -2.09. The third-order valence-corrected chi connectivity index (χ3v) is 5.36. The summed E-state index contributed by atoms with van der Waals surface area (Å²) in [5.41, 5.74) is 2.10. The number of halogens is 4. The van der Waals surface area contributed by atoms with Crippen LogP contribution in [-0.2, 0) is 27.2 Å². The van der Waals surface area contributed by atoms with Gasteiger partial charge in [0.1, 0.15) is 11.5 Å². The van der Waals surface area contributed by atoms with E-state index in [1.165, 1.54) is 18.6 Å². The van der Waals surface area contributed by atoms with Gasteiger partial charge in [-0.2, -0.15) is 0 Å². The molecule has 0 N–H and O–H groups in total. The maximum Gasteiger partial charge on any atom is 0.673 e.